The summed E-state index contributed by atoms with van der Waals surface area (Å²) >= 11 is 0. The molecule has 0 bridgehead atoms. The van der Waals surface area contributed by atoms with Crippen LogP contribution in [0.3, 0.4) is 0 Å². The molecule has 4 heteroatoms. The Morgan fingerprint density at radius 2 is 2.10 bits per heavy atom. The third kappa shape index (κ3) is 2.54. The normalized spacial score (nSPS) is 23.4. The molecule has 1 saturated carbocycles. The summed E-state index contributed by atoms with van der Waals surface area (Å²) in [7, 11) is 0. The summed E-state index contributed by atoms with van der Waals surface area (Å²) < 4.78 is 2.33. The van der Waals surface area contributed by atoms with E-state index in [9.17, 15) is 9.90 Å². The second-order valence-electron chi connectivity index (χ2n) is 6.38. The molecule has 110 valence electrons. The Morgan fingerprint density at radius 1 is 1.35 bits per heavy atom. The highest BCUT2D eigenvalue weighted by atomic mass is 16.3. The van der Waals surface area contributed by atoms with Gasteiger partial charge < -0.3 is 9.67 Å². The summed E-state index contributed by atoms with van der Waals surface area (Å²) in [4.78, 5) is 14.7. The number of carbonyl (C=O) groups excluding carboxylic acids is 1. The van der Waals surface area contributed by atoms with E-state index in [1.54, 1.807) is 0 Å². The van der Waals surface area contributed by atoms with Crippen LogP contribution in [0.5, 0.6) is 0 Å². The topological polar surface area (TPSA) is 45.5 Å². The number of likely N-dealkylation sites (tertiary alicyclic amines) is 1. The van der Waals surface area contributed by atoms with Gasteiger partial charge in [0.25, 0.3) is 0 Å². The minimum Gasteiger partial charge on any atom is -0.396 e. The first-order valence-electron chi connectivity index (χ1n) is 7.65. The van der Waals surface area contributed by atoms with Crippen LogP contribution < -0.4 is 0 Å². The average molecular weight is 276 g/mol. The number of Topliss-reactive ketones (excluding diaryl/α,β-unsaturated/α-hetero) is 1. The fourth-order valence-electron chi connectivity index (χ4n) is 3.45. The smallest absolute Gasteiger partial charge is 0.178 e. The Balaban J connectivity index is 1.70. The highest BCUT2D eigenvalue weighted by Crippen LogP contribution is 2.38. The number of aromatic nitrogens is 1. The number of rotatable bonds is 5. The molecule has 1 atom stereocenters. The summed E-state index contributed by atoms with van der Waals surface area (Å²) in [5.41, 5.74) is 3.23. The molecule has 0 amide bonds. The van der Waals surface area contributed by atoms with Gasteiger partial charge in [-0.2, -0.15) is 0 Å². The number of hydrogen-bond donors (Lipinski definition) is 1. The molecular weight excluding hydrogens is 252 g/mol. The van der Waals surface area contributed by atoms with Gasteiger partial charge in [-0.3, -0.25) is 9.69 Å². The van der Waals surface area contributed by atoms with E-state index in [1.165, 1.54) is 18.5 Å². The second kappa shape index (κ2) is 5.34. The van der Waals surface area contributed by atoms with Crippen LogP contribution in [0.2, 0.25) is 0 Å². The van der Waals surface area contributed by atoms with Crippen LogP contribution in [0, 0.1) is 19.8 Å². The average Bonchev–Trinajstić information content (AvgIpc) is 3.06. The van der Waals surface area contributed by atoms with Gasteiger partial charge in [-0.15, -0.1) is 0 Å². The van der Waals surface area contributed by atoms with Gasteiger partial charge in [0.15, 0.2) is 5.78 Å². The van der Waals surface area contributed by atoms with E-state index in [0.717, 1.165) is 30.8 Å². The number of ketones is 1. The summed E-state index contributed by atoms with van der Waals surface area (Å²) in [6.07, 6.45) is 3.49. The Kier molecular flexibility index (Phi) is 3.69. The van der Waals surface area contributed by atoms with Crippen molar-refractivity contribution >= 4 is 5.78 Å². The second-order valence-corrected chi connectivity index (χ2v) is 6.38. The van der Waals surface area contributed by atoms with E-state index in [2.05, 4.69) is 29.4 Å². The molecule has 0 radical (unpaired) electrons. The molecule has 20 heavy (non-hydrogen) atoms. The lowest BCUT2D eigenvalue weighted by Crippen LogP contribution is -2.28. The highest BCUT2D eigenvalue weighted by Gasteiger charge is 2.29. The molecule has 1 saturated heterocycles. The molecule has 1 aliphatic heterocycles. The quantitative estimate of drug-likeness (QED) is 0.836. The molecule has 4 nitrogen and oxygen atoms in total. The van der Waals surface area contributed by atoms with Crippen molar-refractivity contribution in [1.82, 2.24) is 9.47 Å². The van der Waals surface area contributed by atoms with E-state index in [-0.39, 0.29) is 12.4 Å². The Bertz CT molecular complexity index is 517. The zero-order valence-electron chi connectivity index (χ0n) is 12.4. The number of nitrogens with zero attached hydrogens (tertiary/aromatic N) is 2. The fourth-order valence-corrected chi connectivity index (χ4v) is 3.45. The highest BCUT2D eigenvalue weighted by molar-refractivity contribution is 5.99. The molecule has 1 N–H and O–H groups in total. The van der Waals surface area contributed by atoms with Crippen LogP contribution in [0.1, 0.15) is 47.1 Å². The first-order chi connectivity index (χ1) is 9.60. The Morgan fingerprint density at radius 3 is 2.70 bits per heavy atom. The van der Waals surface area contributed by atoms with Gasteiger partial charge in [-0.1, -0.05) is 0 Å². The molecule has 2 aliphatic rings. The molecule has 2 fully saturated rings. The molecule has 1 aliphatic carbocycles. The standard InChI is InChI=1S/C16H24N2O2/c1-11-7-15(12(2)18(11)14-3-4-14)16(20)9-17-6-5-13(8-17)10-19/h7,13-14,19H,3-6,8-10H2,1-2H3. The SMILES string of the molecule is Cc1cc(C(=O)CN2CCC(CO)C2)c(C)n1C1CC1. The maximum absolute atomic E-state index is 12.5. The number of aliphatic hydroxyl groups is 1. The third-order valence-electron chi connectivity index (χ3n) is 4.69. The lowest BCUT2D eigenvalue weighted by Gasteiger charge is -2.14. The lowest BCUT2D eigenvalue weighted by molar-refractivity contribution is 0.0939. The largest absolute Gasteiger partial charge is 0.396 e. The predicted octanol–water partition coefficient (Wildman–Crippen LogP) is 1.94. The molecule has 1 aromatic heterocycles. The molecule has 0 aromatic carbocycles. The molecular formula is C16H24N2O2. The van der Waals surface area contributed by atoms with Gasteiger partial charge in [-0.05, 0) is 51.6 Å². The number of aryl methyl sites for hydroxylation is 1. The van der Waals surface area contributed by atoms with Gasteiger partial charge in [0.05, 0.1) is 6.54 Å². The van der Waals surface area contributed by atoms with Gasteiger partial charge in [0.2, 0.25) is 0 Å². The van der Waals surface area contributed by atoms with E-state index < -0.39 is 0 Å². The van der Waals surface area contributed by atoms with Crippen LogP contribution >= 0.6 is 0 Å². The summed E-state index contributed by atoms with van der Waals surface area (Å²) in [5.74, 6) is 0.574. The van der Waals surface area contributed by atoms with Crippen molar-refractivity contribution in [2.45, 2.75) is 39.2 Å². The van der Waals surface area contributed by atoms with Crippen LogP contribution in [-0.4, -0.2) is 46.6 Å². The molecule has 0 spiro atoms. The first kappa shape index (κ1) is 13.8. The number of hydrogen-bond acceptors (Lipinski definition) is 3. The summed E-state index contributed by atoms with van der Waals surface area (Å²) in [6.45, 7) is 6.67. The third-order valence-corrected chi connectivity index (χ3v) is 4.69. The molecule has 1 aromatic rings. The van der Waals surface area contributed by atoms with Crippen LogP contribution in [-0.2, 0) is 0 Å². The number of carbonyl (C=O) groups is 1. The zero-order valence-corrected chi connectivity index (χ0v) is 12.4. The zero-order chi connectivity index (χ0) is 14.3. The van der Waals surface area contributed by atoms with Gasteiger partial charge in [0, 0.05) is 36.1 Å². The molecule has 1 unspecified atom stereocenters. The summed E-state index contributed by atoms with van der Waals surface area (Å²) in [6, 6.07) is 2.68. The van der Waals surface area contributed by atoms with Gasteiger partial charge in [-0.25, -0.2) is 0 Å². The minimum atomic E-state index is 0.226. The van der Waals surface area contributed by atoms with Crippen molar-refractivity contribution in [3.8, 4) is 0 Å². The lowest BCUT2D eigenvalue weighted by atomic mass is 10.1. The van der Waals surface area contributed by atoms with Crippen molar-refractivity contribution in [1.29, 1.82) is 0 Å². The van der Waals surface area contributed by atoms with E-state index >= 15 is 0 Å². The summed E-state index contributed by atoms with van der Waals surface area (Å²) in [5, 5.41) is 9.17. The van der Waals surface area contributed by atoms with Crippen molar-refractivity contribution < 1.29 is 9.90 Å². The van der Waals surface area contributed by atoms with E-state index in [4.69, 9.17) is 0 Å². The van der Waals surface area contributed by atoms with Crippen LogP contribution in [0.4, 0.5) is 0 Å². The maximum atomic E-state index is 12.5. The van der Waals surface area contributed by atoms with E-state index in [1.807, 2.05) is 0 Å². The predicted molar refractivity (Wildman–Crippen MR) is 78.1 cm³/mol. The van der Waals surface area contributed by atoms with Crippen molar-refractivity contribution in [2.24, 2.45) is 5.92 Å². The molecule has 3 rings (SSSR count). The first-order valence-corrected chi connectivity index (χ1v) is 7.65. The van der Waals surface area contributed by atoms with E-state index in [0.29, 0.717) is 18.5 Å². The maximum Gasteiger partial charge on any atom is 0.178 e. The van der Waals surface area contributed by atoms with Crippen molar-refractivity contribution in [3.05, 3.63) is 23.0 Å². The molecule has 2 heterocycles. The van der Waals surface area contributed by atoms with Crippen LogP contribution in [0.15, 0.2) is 6.07 Å². The number of aliphatic hydroxyl groups excluding tert-OH is 1. The Hall–Kier alpha value is -1.13. The van der Waals surface area contributed by atoms with Gasteiger partial charge in [0.1, 0.15) is 0 Å². The fraction of sp³-hybridized carbons (Fsp3) is 0.688. The Labute approximate surface area is 120 Å². The van der Waals surface area contributed by atoms with Crippen LogP contribution in [0.25, 0.3) is 0 Å². The van der Waals surface area contributed by atoms with Crippen molar-refractivity contribution in [3.63, 3.8) is 0 Å². The van der Waals surface area contributed by atoms with Crippen molar-refractivity contribution in [2.75, 3.05) is 26.2 Å². The van der Waals surface area contributed by atoms with Gasteiger partial charge >= 0.3 is 0 Å². The minimum absolute atomic E-state index is 0.226. The monoisotopic (exact) mass is 276 g/mol.